The monoisotopic (exact) mass is 449 g/mol. The molecule has 3 atom stereocenters. The normalized spacial score (nSPS) is 25.4. The number of aromatic nitrogens is 2. The van der Waals surface area contributed by atoms with E-state index in [1.165, 1.54) is 6.92 Å². The van der Waals surface area contributed by atoms with Gasteiger partial charge in [-0.25, -0.2) is 0 Å². The zero-order chi connectivity index (χ0) is 22.9. The largest absolute Gasteiger partial charge is 0.354 e. The van der Waals surface area contributed by atoms with Gasteiger partial charge in [-0.3, -0.25) is 24.3 Å². The molecule has 0 unspecified atom stereocenters. The SMILES string of the molecule is CC(=O)NC[C@H]1[C@H]2C[C@H](CN(C3CCN(C(=O)c4cccnc4)CC3)C2)c2cccc(=O)n21. The molecule has 33 heavy (non-hydrogen) atoms. The summed E-state index contributed by atoms with van der Waals surface area (Å²) in [5.41, 5.74) is 1.75. The smallest absolute Gasteiger partial charge is 0.255 e. The number of rotatable bonds is 4. The molecule has 0 saturated carbocycles. The number of hydrogen-bond donors (Lipinski definition) is 1. The van der Waals surface area contributed by atoms with Crippen LogP contribution in [0.5, 0.6) is 0 Å². The van der Waals surface area contributed by atoms with Gasteiger partial charge in [-0.05, 0) is 43.4 Å². The number of amides is 2. The van der Waals surface area contributed by atoms with Crippen molar-refractivity contribution in [1.82, 2.24) is 24.7 Å². The lowest BCUT2D eigenvalue weighted by molar-refractivity contribution is -0.119. The van der Waals surface area contributed by atoms with E-state index in [-0.39, 0.29) is 23.4 Å². The third-order valence-corrected chi connectivity index (χ3v) is 7.56. The highest BCUT2D eigenvalue weighted by atomic mass is 16.2. The van der Waals surface area contributed by atoms with Crippen LogP contribution in [0.2, 0.25) is 0 Å². The molecule has 3 aliphatic rings. The molecule has 0 aromatic carbocycles. The van der Waals surface area contributed by atoms with Crippen molar-refractivity contribution in [2.24, 2.45) is 5.92 Å². The van der Waals surface area contributed by atoms with Crippen molar-refractivity contribution in [2.45, 2.75) is 44.2 Å². The van der Waals surface area contributed by atoms with E-state index in [1.807, 2.05) is 21.6 Å². The van der Waals surface area contributed by atoms with Crippen molar-refractivity contribution in [1.29, 1.82) is 0 Å². The van der Waals surface area contributed by atoms with Gasteiger partial charge in [0.2, 0.25) is 5.91 Å². The van der Waals surface area contributed by atoms with Gasteiger partial charge in [-0.2, -0.15) is 0 Å². The third kappa shape index (κ3) is 4.31. The lowest BCUT2D eigenvalue weighted by atomic mass is 9.77. The number of piperidine rings is 2. The second-order valence-electron chi connectivity index (χ2n) is 9.58. The van der Waals surface area contributed by atoms with Gasteiger partial charge in [0.1, 0.15) is 0 Å². The van der Waals surface area contributed by atoms with Crippen molar-refractivity contribution < 1.29 is 9.59 Å². The summed E-state index contributed by atoms with van der Waals surface area (Å²) >= 11 is 0. The van der Waals surface area contributed by atoms with Crippen LogP contribution >= 0.6 is 0 Å². The van der Waals surface area contributed by atoms with Crippen LogP contribution in [0.3, 0.4) is 0 Å². The van der Waals surface area contributed by atoms with Crippen molar-refractivity contribution in [3.05, 3.63) is 64.3 Å². The van der Waals surface area contributed by atoms with Gasteiger partial charge in [0.25, 0.3) is 11.5 Å². The van der Waals surface area contributed by atoms with Gasteiger partial charge in [0.15, 0.2) is 0 Å². The highest BCUT2D eigenvalue weighted by Gasteiger charge is 2.42. The number of hydrogen-bond acceptors (Lipinski definition) is 5. The van der Waals surface area contributed by atoms with Crippen LogP contribution in [0.25, 0.3) is 0 Å². The molecule has 2 bridgehead atoms. The van der Waals surface area contributed by atoms with Gasteiger partial charge in [0.05, 0.1) is 11.6 Å². The Morgan fingerprint density at radius 1 is 1.12 bits per heavy atom. The first-order valence-electron chi connectivity index (χ1n) is 11.9. The number of nitrogens with zero attached hydrogens (tertiary/aromatic N) is 4. The third-order valence-electron chi connectivity index (χ3n) is 7.56. The maximum absolute atomic E-state index is 12.8. The minimum Gasteiger partial charge on any atom is -0.354 e. The van der Waals surface area contributed by atoms with Gasteiger partial charge >= 0.3 is 0 Å². The van der Waals surface area contributed by atoms with E-state index in [2.05, 4.69) is 21.3 Å². The van der Waals surface area contributed by atoms with Gasteiger partial charge < -0.3 is 14.8 Å². The van der Waals surface area contributed by atoms with Crippen LogP contribution < -0.4 is 10.9 Å². The maximum Gasteiger partial charge on any atom is 0.255 e. The number of fused-ring (bicyclic) bond motifs is 4. The van der Waals surface area contributed by atoms with E-state index in [0.29, 0.717) is 30.0 Å². The number of carbonyl (C=O) groups excluding carboxylic acids is 2. The lowest BCUT2D eigenvalue weighted by Crippen LogP contribution is -2.56. The summed E-state index contributed by atoms with van der Waals surface area (Å²) in [5.74, 6) is 0.626. The van der Waals surface area contributed by atoms with E-state index in [0.717, 1.165) is 51.1 Å². The van der Waals surface area contributed by atoms with Crippen molar-refractivity contribution in [3.8, 4) is 0 Å². The van der Waals surface area contributed by atoms with Crippen molar-refractivity contribution >= 4 is 11.8 Å². The Morgan fingerprint density at radius 3 is 2.67 bits per heavy atom. The first-order chi connectivity index (χ1) is 16.0. The molecule has 3 aliphatic heterocycles. The molecule has 5 rings (SSSR count). The fourth-order valence-corrected chi connectivity index (χ4v) is 5.99. The highest BCUT2D eigenvalue weighted by molar-refractivity contribution is 5.93. The summed E-state index contributed by atoms with van der Waals surface area (Å²) in [4.78, 5) is 45.7. The quantitative estimate of drug-likeness (QED) is 0.767. The molecule has 8 nitrogen and oxygen atoms in total. The van der Waals surface area contributed by atoms with Gasteiger partial charge in [-0.15, -0.1) is 0 Å². The van der Waals surface area contributed by atoms with Crippen LogP contribution in [-0.2, 0) is 4.79 Å². The minimum absolute atomic E-state index is 0.0215. The fraction of sp³-hybridized carbons (Fsp3) is 0.520. The minimum atomic E-state index is -0.0685. The average molecular weight is 450 g/mol. The second kappa shape index (κ2) is 9.09. The number of nitrogens with one attached hydrogen (secondary N) is 1. The van der Waals surface area contributed by atoms with Crippen LogP contribution in [0, 0.1) is 5.92 Å². The standard InChI is InChI=1S/C25H31N5O3/c1-17(31)27-14-23-20-12-19(22-5-2-6-24(32)30(22)23)15-29(16-20)21-7-10-28(11-8-21)25(33)18-4-3-9-26-13-18/h2-6,9,13,19-21,23H,7-8,10-12,14-16H2,1H3,(H,27,31)/t19-,20+,23+/m1/s1. The Hall–Kier alpha value is -3.00. The molecular formula is C25H31N5O3. The van der Waals surface area contributed by atoms with E-state index >= 15 is 0 Å². The first kappa shape index (κ1) is 21.8. The van der Waals surface area contributed by atoms with E-state index in [1.54, 1.807) is 24.5 Å². The number of carbonyl (C=O) groups is 2. The topological polar surface area (TPSA) is 87.5 Å². The first-order valence-corrected chi connectivity index (χ1v) is 11.9. The van der Waals surface area contributed by atoms with E-state index in [4.69, 9.17) is 0 Å². The average Bonchev–Trinajstić information content (AvgIpc) is 2.84. The summed E-state index contributed by atoms with van der Waals surface area (Å²) in [6.07, 6.45) is 6.26. The van der Waals surface area contributed by atoms with Gasteiger partial charge in [0, 0.05) is 75.8 Å². The molecule has 2 amide bonds. The summed E-state index contributed by atoms with van der Waals surface area (Å²) in [6.45, 7) is 5.35. The summed E-state index contributed by atoms with van der Waals surface area (Å²) in [7, 11) is 0. The Morgan fingerprint density at radius 2 is 1.94 bits per heavy atom. The molecule has 1 N–H and O–H groups in total. The van der Waals surface area contributed by atoms with E-state index < -0.39 is 0 Å². The van der Waals surface area contributed by atoms with Crippen LogP contribution in [0.15, 0.2) is 47.5 Å². The van der Waals surface area contributed by atoms with Gasteiger partial charge in [-0.1, -0.05) is 6.07 Å². The molecule has 0 spiro atoms. The van der Waals surface area contributed by atoms with Crippen LogP contribution in [0.4, 0.5) is 0 Å². The molecular weight excluding hydrogens is 418 g/mol. The van der Waals surface area contributed by atoms with E-state index in [9.17, 15) is 14.4 Å². The fourth-order valence-electron chi connectivity index (χ4n) is 5.99. The Labute approximate surface area is 193 Å². The molecule has 5 heterocycles. The lowest BCUT2D eigenvalue weighted by Gasteiger charge is -2.50. The molecule has 8 heteroatoms. The summed E-state index contributed by atoms with van der Waals surface area (Å²) < 4.78 is 1.93. The second-order valence-corrected chi connectivity index (χ2v) is 9.58. The Kier molecular flexibility index (Phi) is 6.01. The Balaban J connectivity index is 1.30. The van der Waals surface area contributed by atoms with Crippen LogP contribution in [0.1, 0.15) is 54.2 Å². The summed E-state index contributed by atoms with van der Waals surface area (Å²) in [6, 6.07) is 9.57. The predicted octanol–water partition coefficient (Wildman–Crippen LogP) is 1.64. The molecule has 2 fully saturated rings. The predicted molar refractivity (Wildman–Crippen MR) is 124 cm³/mol. The molecule has 2 saturated heterocycles. The maximum atomic E-state index is 12.8. The van der Waals surface area contributed by atoms with Crippen molar-refractivity contribution in [2.75, 3.05) is 32.7 Å². The zero-order valence-corrected chi connectivity index (χ0v) is 19.0. The molecule has 0 aliphatic carbocycles. The molecule has 2 aromatic heterocycles. The van der Waals surface area contributed by atoms with Crippen LogP contribution in [-0.4, -0.2) is 69.9 Å². The number of likely N-dealkylation sites (tertiary alicyclic amines) is 2. The number of pyridine rings is 2. The molecule has 0 radical (unpaired) electrons. The molecule has 174 valence electrons. The zero-order valence-electron chi connectivity index (χ0n) is 19.0. The molecule has 2 aromatic rings. The van der Waals surface area contributed by atoms with Crippen molar-refractivity contribution in [3.63, 3.8) is 0 Å². The Bertz CT molecular complexity index is 1080. The highest BCUT2D eigenvalue weighted by Crippen LogP contribution is 2.42. The summed E-state index contributed by atoms with van der Waals surface area (Å²) in [5, 5.41) is 2.95.